The van der Waals surface area contributed by atoms with Gasteiger partial charge in [0, 0.05) is 30.8 Å². The van der Waals surface area contributed by atoms with Crippen molar-refractivity contribution in [2.24, 2.45) is 5.92 Å². The Hall–Kier alpha value is -1.71. The van der Waals surface area contributed by atoms with Gasteiger partial charge in [0.05, 0.1) is 5.92 Å². The molecule has 0 radical (unpaired) electrons. The highest BCUT2D eigenvalue weighted by atomic mass is 16.4. The van der Waals surface area contributed by atoms with E-state index in [-0.39, 0.29) is 17.6 Å². The third-order valence-corrected chi connectivity index (χ3v) is 3.43. The summed E-state index contributed by atoms with van der Waals surface area (Å²) in [6, 6.07) is 5.44. The van der Waals surface area contributed by atoms with Crippen LogP contribution in [0.4, 0.5) is 5.69 Å². The van der Waals surface area contributed by atoms with Gasteiger partial charge in [0.1, 0.15) is 5.75 Å². The highest BCUT2D eigenvalue weighted by Crippen LogP contribution is 2.43. The van der Waals surface area contributed by atoms with Crippen LogP contribution in [0.1, 0.15) is 24.8 Å². The smallest absolute Gasteiger partial charge is 0.306 e. The summed E-state index contributed by atoms with van der Waals surface area (Å²) < 4.78 is 0. The first-order chi connectivity index (χ1) is 8.00. The minimum Gasteiger partial charge on any atom is -0.508 e. The van der Waals surface area contributed by atoms with Gasteiger partial charge in [0.2, 0.25) is 0 Å². The number of rotatable bonds is 3. The topological polar surface area (TPSA) is 60.8 Å². The van der Waals surface area contributed by atoms with E-state index >= 15 is 0 Å². The SMILES string of the molecule is CC(CC1CN(C)c2cccc(O)c21)C(=O)O. The summed E-state index contributed by atoms with van der Waals surface area (Å²) >= 11 is 0. The van der Waals surface area contributed by atoms with E-state index in [1.807, 2.05) is 19.2 Å². The van der Waals surface area contributed by atoms with Crippen LogP contribution in [-0.2, 0) is 4.79 Å². The zero-order valence-corrected chi connectivity index (χ0v) is 10.1. The molecule has 92 valence electrons. The Morgan fingerprint density at radius 2 is 2.29 bits per heavy atom. The average molecular weight is 235 g/mol. The molecule has 0 amide bonds. The second kappa shape index (κ2) is 4.28. The number of anilines is 1. The number of phenols is 1. The maximum absolute atomic E-state index is 10.9. The molecule has 1 aliphatic rings. The largest absolute Gasteiger partial charge is 0.508 e. The van der Waals surface area contributed by atoms with Gasteiger partial charge in [-0.15, -0.1) is 0 Å². The van der Waals surface area contributed by atoms with Crippen LogP contribution in [0.2, 0.25) is 0 Å². The molecule has 2 N–H and O–H groups in total. The molecule has 0 fully saturated rings. The van der Waals surface area contributed by atoms with Gasteiger partial charge in [-0.05, 0) is 18.6 Å². The van der Waals surface area contributed by atoms with Crippen LogP contribution in [0, 0.1) is 5.92 Å². The fourth-order valence-corrected chi connectivity index (χ4v) is 2.53. The molecule has 0 bridgehead atoms. The first-order valence-electron chi connectivity index (χ1n) is 5.76. The summed E-state index contributed by atoms with van der Waals surface area (Å²) in [5.41, 5.74) is 1.90. The molecule has 0 saturated heterocycles. The number of hydrogen-bond donors (Lipinski definition) is 2. The van der Waals surface area contributed by atoms with Gasteiger partial charge in [0.15, 0.2) is 0 Å². The molecular formula is C13H17NO3. The van der Waals surface area contributed by atoms with Crippen LogP contribution in [0.15, 0.2) is 18.2 Å². The van der Waals surface area contributed by atoms with E-state index in [1.54, 1.807) is 13.0 Å². The third-order valence-electron chi connectivity index (χ3n) is 3.43. The Bertz CT molecular complexity index is 444. The summed E-state index contributed by atoms with van der Waals surface area (Å²) in [6.45, 7) is 2.48. The van der Waals surface area contributed by atoms with Crippen LogP contribution in [0.25, 0.3) is 0 Å². The number of carbonyl (C=O) groups is 1. The number of likely N-dealkylation sites (N-methyl/N-ethyl adjacent to an activating group) is 1. The molecule has 1 aliphatic heterocycles. The van der Waals surface area contributed by atoms with E-state index in [9.17, 15) is 9.90 Å². The fraction of sp³-hybridized carbons (Fsp3) is 0.462. The van der Waals surface area contributed by atoms with Crippen LogP contribution in [-0.4, -0.2) is 29.8 Å². The Kier molecular flexibility index (Phi) is 2.96. The predicted molar refractivity (Wildman–Crippen MR) is 65.5 cm³/mol. The molecule has 0 aliphatic carbocycles. The van der Waals surface area contributed by atoms with Gasteiger partial charge >= 0.3 is 5.97 Å². The van der Waals surface area contributed by atoms with Crippen LogP contribution < -0.4 is 4.90 Å². The molecule has 4 nitrogen and oxygen atoms in total. The van der Waals surface area contributed by atoms with Crippen molar-refractivity contribution in [2.45, 2.75) is 19.3 Å². The molecule has 4 heteroatoms. The Morgan fingerprint density at radius 1 is 1.59 bits per heavy atom. The lowest BCUT2D eigenvalue weighted by Gasteiger charge is -2.15. The number of fused-ring (bicyclic) bond motifs is 1. The molecule has 0 saturated carbocycles. The molecule has 17 heavy (non-hydrogen) atoms. The normalized spacial score (nSPS) is 20.1. The summed E-state index contributed by atoms with van der Waals surface area (Å²) in [6.07, 6.45) is 0.560. The van der Waals surface area contributed by atoms with Gasteiger partial charge in [0.25, 0.3) is 0 Å². The first-order valence-corrected chi connectivity index (χ1v) is 5.76. The minimum atomic E-state index is -0.781. The highest BCUT2D eigenvalue weighted by Gasteiger charge is 2.31. The quantitative estimate of drug-likeness (QED) is 0.841. The summed E-state index contributed by atoms with van der Waals surface area (Å²) in [7, 11) is 1.96. The van der Waals surface area contributed by atoms with Crippen molar-refractivity contribution in [2.75, 3.05) is 18.5 Å². The van der Waals surface area contributed by atoms with Gasteiger partial charge < -0.3 is 15.1 Å². The molecule has 1 heterocycles. The summed E-state index contributed by atoms with van der Waals surface area (Å²) in [4.78, 5) is 13.0. The number of carboxylic acid groups (broad SMARTS) is 1. The number of aromatic hydroxyl groups is 1. The van der Waals surface area contributed by atoms with Gasteiger partial charge in [-0.2, -0.15) is 0 Å². The van der Waals surface area contributed by atoms with Crippen LogP contribution in [0.3, 0.4) is 0 Å². The van der Waals surface area contributed by atoms with E-state index in [4.69, 9.17) is 5.11 Å². The number of benzene rings is 1. The standard InChI is InChI=1S/C13H17NO3/c1-8(13(16)17)6-9-7-14(2)10-4-3-5-11(15)12(9)10/h3-5,8-9,15H,6-7H2,1-2H3,(H,16,17). The van der Waals surface area contributed by atoms with Crippen molar-refractivity contribution in [3.8, 4) is 5.75 Å². The maximum Gasteiger partial charge on any atom is 0.306 e. The van der Waals surface area contributed by atoms with Crippen molar-refractivity contribution < 1.29 is 15.0 Å². The molecular weight excluding hydrogens is 218 g/mol. The zero-order valence-electron chi connectivity index (χ0n) is 10.1. The Balaban J connectivity index is 2.27. The van der Waals surface area contributed by atoms with Crippen LogP contribution >= 0.6 is 0 Å². The monoisotopic (exact) mass is 235 g/mol. The number of aliphatic carboxylic acids is 1. The van der Waals surface area contributed by atoms with Crippen LogP contribution in [0.5, 0.6) is 5.75 Å². The van der Waals surface area contributed by atoms with Gasteiger partial charge in [-0.3, -0.25) is 4.79 Å². The van der Waals surface area contributed by atoms with Crippen molar-refractivity contribution in [3.63, 3.8) is 0 Å². The lowest BCUT2D eigenvalue weighted by Crippen LogP contribution is -2.19. The number of carboxylic acids is 1. The van der Waals surface area contributed by atoms with Gasteiger partial charge in [-0.1, -0.05) is 13.0 Å². The summed E-state index contributed by atoms with van der Waals surface area (Å²) in [5.74, 6) is -0.799. The maximum atomic E-state index is 10.9. The number of phenolic OH excluding ortho intramolecular Hbond substituents is 1. The van der Waals surface area contributed by atoms with Crippen molar-refractivity contribution in [1.82, 2.24) is 0 Å². The molecule has 0 aromatic heterocycles. The van der Waals surface area contributed by atoms with E-state index in [1.165, 1.54) is 0 Å². The average Bonchev–Trinajstić information content (AvgIpc) is 2.57. The fourth-order valence-electron chi connectivity index (χ4n) is 2.53. The lowest BCUT2D eigenvalue weighted by molar-refractivity contribution is -0.141. The molecule has 0 spiro atoms. The highest BCUT2D eigenvalue weighted by molar-refractivity contribution is 5.70. The predicted octanol–water partition coefficient (Wildman–Crippen LogP) is 2.04. The molecule has 2 atom stereocenters. The van der Waals surface area contributed by atoms with E-state index in [2.05, 4.69) is 4.90 Å². The minimum absolute atomic E-state index is 0.0994. The summed E-state index contributed by atoms with van der Waals surface area (Å²) in [5, 5.41) is 18.8. The van der Waals surface area contributed by atoms with Crippen molar-refractivity contribution in [1.29, 1.82) is 0 Å². The second-order valence-electron chi connectivity index (χ2n) is 4.76. The second-order valence-corrected chi connectivity index (χ2v) is 4.76. The Labute approximate surface area is 100 Å². The Morgan fingerprint density at radius 3 is 2.94 bits per heavy atom. The zero-order chi connectivity index (χ0) is 12.6. The van der Waals surface area contributed by atoms with Crippen molar-refractivity contribution >= 4 is 11.7 Å². The van der Waals surface area contributed by atoms with E-state index in [0.717, 1.165) is 17.8 Å². The van der Waals surface area contributed by atoms with E-state index in [0.29, 0.717) is 6.42 Å². The third kappa shape index (κ3) is 2.07. The molecule has 2 rings (SSSR count). The van der Waals surface area contributed by atoms with Gasteiger partial charge in [-0.25, -0.2) is 0 Å². The number of nitrogens with zero attached hydrogens (tertiary/aromatic N) is 1. The molecule has 2 unspecified atom stereocenters. The van der Waals surface area contributed by atoms with E-state index < -0.39 is 5.97 Å². The van der Waals surface area contributed by atoms with Crippen molar-refractivity contribution in [3.05, 3.63) is 23.8 Å². The molecule has 1 aromatic rings. The molecule has 1 aromatic carbocycles. The first kappa shape index (κ1) is 11.8. The lowest BCUT2D eigenvalue weighted by atomic mass is 9.90. The number of hydrogen-bond acceptors (Lipinski definition) is 3.